The molecular weight excluding hydrogens is 299 g/mol. The summed E-state index contributed by atoms with van der Waals surface area (Å²) in [5, 5.41) is 2.28. The van der Waals surface area contributed by atoms with E-state index in [9.17, 15) is 0 Å². The normalized spacial score (nSPS) is 10.1. The maximum absolute atomic E-state index is 4.37. The molecule has 2 heterocycles. The number of hydrogen-bond donors (Lipinski definition) is 0. The van der Waals surface area contributed by atoms with Crippen molar-refractivity contribution in [2.75, 3.05) is 0 Å². The standard InChI is InChI=1S/C12H8N2.HI/c1-3-9-5-6-11-10(4-2-7-13-11)12(9)14-8-1;/h1-8H;1H. The summed E-state index contributed by atoms with van der Waals surface area (Å²) in [6, 6.07) is 12.1. The summed E-state index contributed by atoms with van der Waals surface area (Å²) < 4.78 is 0. The molecule has 0 aliphatic carbocycles. The lowest BCUT2D eigenvalue weighted by atomic mass is 10.1. The molecule has 15 heavy (non-hydrogen) atoms. The molecule has 2 aromatic heterocycles. The molecule has 0 amide bonds. The number of rotatable bonds is 0. The van der Waals surface area contributed by atoms with Gasteiger partial charge in [0.15, 0.2) is 0 Å². The van der Waals surface area contributed by atoms with Crippen LogP contribution in [-0.4, -0.2) is 9.97 Å². The molecule has 2 nitrogen and oxygen atoms in total. The Labute approximate surface area is 104 Å². The minimum absolute atomic E-state index is 0. The van der Waals surface area contributed by atoms with E-state index >= 15 is 0 Å². The van der Waals surface area contributed by atoms with Crippen molar-refractivity contribution >= 4 is 45.8 Å². The Morgan fingerprint density at radius 2 is 1.60 bits per heavy atom. The number of fused-ring (bicyclic) bond motifs is 3. The second-order valence-electron chi connectivity index (χ2n) is 3.21. The Hall–Kier alpha value is -1.23. The number of pyridine rings is 2. The Morgan fingerprint density at radius 1 is 0.800 bits per heavy atom. The van der Waals surface area contributed by atoms with E-state index in [1.54, 1.807) is 6.20 Å². The van der Waals surface area contributed by atoms with Crippen molar-refractivity contribution in [3.8, 4) is 0 Å². The Kier molecular flexibility index (Phi) is 2.81. The van der Waals surface area contributed by atoms with Gasteiger partial charge >= 0.3 is 0 Å². The summed E-state index contributed by atoms with van der Waals surface area (Å²) in [4.78, 5) is 8.66. The van der Waals surface area contributed by atoms with E-state index in [0.717, 1.165) is 21.8 Å². The van der Waals surface area contributed by atoms with Gasteiger partial charge in [-0.2, -0.15) is 0 Å². The highest BCUT2D eigenvalue weighted by Gasteiger charge is 1.99. The molecule has 0 aliphatic rings. The van der Waals surface area contributed by atoms with Crippen molar-refractivity contribution in [2.24, 2.45) is 0 Å². The summed E-state index contributed by atoms with van der Waals surface area (Å²) >= 11 is 0. The van der Waals surface area contributed by atoms with E-state index in [4.69, 9.17) is 0 Å². The lowest BCUT2D eigenvalue weighted by Gasteiger charge is -2.00. The first-order valence-electron chi connectivity index (χ1n) is 4.53. The van der Waals surface area contributed by atoms with Gasteiger partial charge in [-0.1, -0.05) is 12.1 Å². The van der Waals surface area contributed by atoms with E-state index in [-0.39, 0.29) is 24.0 Å². The minimum atomic E-state index is 0. The third-order valence-electron chi connectivity index (χ3n) is 2.35. The quantitative estimate of drug-likeness (QED) is 0.470. The smallest absolute Gasteiger partial charge is 0.0795 e. The minimum Gasteiger partial charge on any atom is -0.256 e. The second-order valence-corrected chi connectivity index (χ2v) is 3.21. The van der Waals surface area contributed by atoms with Gasteiger partial charge in [-0.25, -0.2) is 0 Å². The zero-order valence-electron chi connectivity index (χ0n) is 7.92. The molecule has 0 bridgehead atoms. The number of benzene rings is 1. The zero-order valence-corrected chi connectivity index (χ0v) is 10.3. The third-order valence-corrected chi connectivity index (χ3v) is 2.35. The van der Waals surface area contributed by atoms with Gasteiger partial charge in [-0.15, -0.1) is 24.0 Å². The molecule has 74 valence electrons. The van der Waals surface area contributed by atoms with E-state index < -0.39 is 0 Å². The second kappa shape index (κ2) is 4.10. The summed E-state index contributed by atoms with van der Waals surface area (Å²) in [5.41, 5.74) is 2.02. The van der Waals surface area contributed by atoms with Crippen molar-refractivity contribution in [3.63, 3.8) is 0 Å². The van der Waals surface area contributed by atoms with Crippen LogP contribution in [0.25, 0.3) is 21.8 Å². The molecule has 0 aliphatic heterocycles. The van der Waals surface area contributed by atoms with E-state index in [2.05, 4.69) is 28.2 Å². The van der Waals surface area contributed by atoms with Crippen LogP contribution in [0.1, 0.15) is 0 Å². The average Bonchev–Trinajstić information content (AvgIpc) is 2.29. The van der Waals surface area contributed by atoms with Crippen molar-refractivity contribution in [2.45, 2.75) is 0 Å². The molecular formula is C12H9IN2. The number of halogens is 1. The van der Waals surface area contributed by atoms with Crippen LogP contribution in [0.3, 0.4) is 0 Å². The van der Waals surface area contributed by atoms with E-state index in [1.807, 2.05) is 24.4 Å². The van der Waals surface area contributed by atoms with Gasteiger partial charge in [0.1, 0.15) is 0 Å². The van der Waals surface area contributed by atoms with Crippen LogP contribution in [0.4, 0.5) is 0 Å². The van der Waals surface area contributed by atoms with Crippen molar-refractivity contribution in [1.29, 1.82) is 0 Å². The first-order valence-corrected chi connectivity index (χ1v) is 4.53. The van der Waals surface area contributed by atoms with Crippen LogP contribution in [0.2, 0.25) is 0 Å². The Bertz CT molecular complexity index is 553. The van der Waals surface area contributed by atoms with Crippen LogP contribution >= 0.6 is 24.0 Å². The first-order chi connectivity index (χ1) is 6.95. The number of aromatic nitrogens is 2. The highest BCUT2D eigenvalue weighted by molar-refractivity contribution is 14.0. The van der Waals surface area contributed by atoms with Crippen LogP contribution < -0.4 is 0 Å². The summed E-state index contributed by atoms with van der Waals surface area (Å²) in [5.74, 6) is 0. The molecule has 3 heteroatoms. The predicted molar refractivity (Wildman–Crippen MR) is 72.5 cm³/mol. The fraction of sp³-hybridized carbons (Fsp3) is 0. The molecule has 3 aromatic rings. The van der Waals surface area contributed by atoms with Crippen LogP contribution in [0.15, 0.2) is 48.8 Å². The number of nitrogens with zero attached hydrogens (tertiary/aromatic N) is 2. The van der Waals surface area contributed by atoms with Gasteiger partial charge < -0.3 is 0 Å². The van der Waals surface area contributed by atoms with Crippen LogP contribution in [0.5, 0.6) is 0 Å². The molecule has 0 saturated heterocycles. The van der Waals surface area contributed by atoms with Gasteiger partial charge in [-0.3, -0.25) is 9.97 Å². The summed E-state index contributed by atoms with van der Waals surface area (Å²) in [6.07, 6.45) is 3.62. The van der Waals surface area contributed by atoms with Gasteiger partial charge in [0.05, 0.1) is 11.0 Å². The monoisotopic (exact) mass is 308 g/mol. The topological polar surface area (TPSA) is 25.8 Å². The molecule has 0 atom stereocenters. The Balaban J connectivity index is 0.000000853. The zero-order chi connectivity index (χ0) is 9.38. The maximum Gasteiger partial charge on any atom is 0.0795 e. The van der Waals surface area contributed by atoms with Crippen LogP contribution in [-0.2, 0) is 0 Å². The highest BCUT2D eigenvalue weighted by Crippen LogP contribution is 2.20. The third kappa shape index (κ3) is 1.67. The molecule has 0 N–H and O–H groups in total. The van der Waals surface area contributed by atoms with Crippen molar-refractivity contribution in [3.05, 3.63) is 48.8 Å². The summed E-state index contributed by atoms with van der Waals surface area (Å²) in [7, 11) is 0. The molecule has 0 fully saturated rings. The maximum atomic E-state index is 4.37. The van der Waals surface area contributed by atoms with Gasteiger partial charge in [0.25, 0.3) is 0 Å². The molecule has 0 radical (unpaired) electrons. The molecule has 0 spiro atoms. The first kappa shape index (κ1) is 10.3. The van der Waals surface area contributed by atoms with Gasteiger partial charge in [0.2, 0.25) is 0 Å². The van der Waals surface area contributed by atoms with Crippen LogP contribution in [0, 0.1) is 0 Å². The van der Waals surface area contributed by atoms with Crippen molar-refractivity contribution in [1.82, 2.24) is 9.97 Å². The Morgan fingerprint density at radius 3 is 2.53 bits per heavy atom. The molecule has 0 unspecified atom stereocenters. The fourth-order valence-electron chi connectivity index (χ4n) is 1.70. The lowest BCUT2D eigenvalue weighted by Crippen LogP contribution is -1.82. The fourth-order valence-corrected chi connectivity index (χ4v) is 1.70. The average molecular weight is 308 g/mol. The molecule has 1 aromatic carbocycles. The highest BCUT2D eigenvalue weighted by atomic mass is 127. The predicted octanol–water partition coefficient (Wildman–Crippen LogP) is 3.40. The van der Waals surface area contributed by atoms with E-state index in [0.29, 0.717) is 0 Å². The lowest BCUT2D eigenvalue weighted by molar-refractivity contribution is 1.39. The van der Waals surface area contributed by atoms with Gasteiger partial charge in [0, 0.05) is 23.2 Å². The largest absolute Gasteiger partial charge is 0.256 e. The SMILES string of the molecule is I.c1cnc2c(c1)ccc1ncccc12. The van der Waals surface area contributed by atoms with Gasteiger partial charge in [-0.05, 0) is 24.3 Å². The van der Waals surface area contributed by atoms with E-state index in [1.165, 1.54) is 0 Å². The molecule has 0 saturated carbocycles. The number of hydrogen-bond acceptors (Lipinski definition) is 2. The van der Waals surface area contributed by atoms with Crippen molar-refractivity contribution < 1.29 is 0 Å². The molecule has 3 rings (SSSR count). The summed E-state index contributed by atoms with van der Waals surface area (Å²) in [6.45, 7) is 0.